The third kappa shape index (κ3) is 2.58. The van der Waals surface area contributed by atoms with Gasteiger partial charge in [-0.2, -0.15) is 0 Å². The Bertz CT molecular complexity index is 722. The van der Waals surface area contributed by atoms with Crippen LogP contribution in [0.2, 0.25) is 0 Å². The Kier molecular flexibility index (Phi) is 3.53. The maximum atomic E-state index is 12.3. The molecule has 1 aliphatic heterocycles. The third-order valence-electron chi connectivity index (χ3n) is 3.83. The monoisotopic (exact) mass is 342 g/mol. The molecule has 0 aliphatic carbocycles. The number of anilines is 1. The molecule has 1 heterocycles. The van der Waals surface area contributed by atoms with E-state index in [4.69, 9.17) is 0 Å². The van der Waals surface area contributed by atoms with Gasteiger partial charge in [-0.05, 0) is 44.4 Å². The fourth-order valence-electron chi connectivity index (χ4n) is 3.02. The van der Waals surface area contributed by atoms with Crippen LogP contribution >= 0.6 is 15.9 Å². The summed E-state index contributed by atoms with van der Waals surface area (Å²) in [7, 11) is 0. The number of amides is 1. The van der Waals surface area contributed by atoms with Crippen LogP contribution in [0, 0.1) is 20.8 Å². The van der Waals surface area contributed by atoms with Gasteiger partial charge in [0.05, 0.1) is 5.56 Å². The Labute approximate surface area is 133 Å². The Hall–Kier alpha value is -1.75. The molecule has 0 saturated heterocycles. The van der Waals surface area contributed by atoms with E-state index in [1.54, 1.807) is 0 Å². The van der Waals surface area contributed by atoms with E-state index in [1.165, 1.54) is 16.7 Å². The molecule has 21 heavy (non-hydrogen) atoms. The van der Waals surface area contributed by atoms with Gasteiger partial charge in [0.2, 0.25) is 5.91 Å². The van der Waals surface area contributed by atoms with Gasteiger partial charge in [-0.25, -0.2) is 0 Å². The van der Waals surface area contributed by atoms with Gasteiger partial charge in [-0.15, -0.1) is 0 Å². The molecule has 0 unspecified atom stereocenters. The first-order chi connectivity index (χ1) is 9.95. The quantitative estimate of drug-likeness (QED) is 0.782. The van der Waals surface area contributed by atoms with Crippen molar-refractivity contribution in [1.82, 2.24) is 5.23 Å². The minimum Gasteiger partial charge on any atom is -0.405 e. The molecule has 2 aromatic carbocycles. The number of rotatable bonds is 1. The maximum absolute atomic E-state index is 12.3. The zero-order chi connectivity index (χ0) is 15.1. The van der Waals surface area contributed by atoms with Gasteiger partial charge in [0, 0.05) is 10.2 Å². The summed E-state index contributed by atoms with van der Waals surface area (Å²) in [5.74, 6) is -0.0468. The topological polar surface area (TPSA) is 41.1 Å². The van der Waals surface area contributed by atoms with E-state index in [0.717, 1.165) is 15.6 Å². The second-order valence-electron chi connectivity index (χ2n) is 5.55. The molecule has 0 atom stereocenters. The third-order valence-corrected chi connectivity index (χ3v) is 4.32. The van der Waals surface area contributed by atoms with Crippen LogP contribution in [0.4, 0.5) is 5.69 Å². The van der Waals surface area contributed by atoms with Gasteiger partial charge in [0.1, 0.15) is 0 Å². The smallest absolute Gasteiger partial charge is 0.405 e. The van der Waals surface area contributed by atoms with Crippen LogP contribution in [0.5, 0.6) is 0 Å². The van der Waals surface area contributed by atoms with E-state index in [9.17, 15) is 4.79 Å². The average molecular weight is 343 g/mol. The minimum absolute atomic E-state index is 0.0468. The van der Waals surface area contributed by atoms with Crippen molar-refractivity contribution < 1.29 is 4.79 Å². The highest BCUT2D eigenvalue weighted by molar-refractivity contribution is 9.10. The molecule has 0 saturated carbocycles. The van der Waals surface area contributed by atoms with Crippen molar-refractivity contribution in [3.63, 3.8) is 0 Å². The largest absolute Gasteiger partial charge is 0.409 e. The van der Waals surface area contributed by atoms with Crippen LogP contribution in [0.1, 0.15) is 27.0 Å². The molecule has 0 spiro atoms. The zero-order valence-electron chi connectivity index (χ0n) is 12.3. The summed E-state index contributed by atoms with van der Waals surface area (Å²) in [6.07, 6.45) is 0. The van der Waals surface area contributed by atoms with Crippen LogP contribution in [-0.4, -0.2) is 12.9 Å². The summed E-state index contributed by atoms with van der Waals surface area (Å²) in [5, 5.41) is 6.47. The van der Waals surface area contributed by atoms with Gasteiger partial charge in [-0.3, -0.25) is 4.79 Å². The van der Waals surface area contributed by atoms with E-state index in [0.29, 0.717) is 5.56 Å². The van der Waals surface area contributed by atoms with Crippen LogP contribution in [0.15, 0.2) is 34.8 Å². The Morgan fingerprint density at radius 2 is 1.67 bits per heavy atom. The van der Waals surface area contributed by atoms with Crippen LogP contribution < -0.4 is 15.9 Å². The number of nitrogens with one attached hydrogen (secondary N) is 2. The van der Waals surface area contributed by atoms with Gasteiger partial charge < -0.3 is 10.5 Å². The van der Waals surface area contributed by atoms with Crippen molar-refractivity contribution in [2.75, 3.05) is 5.23 Å². The van der Waals surface area contributed by atoms with Crippen molar-refractivity contribution in [3.8, 4) is 0 Å². The molecule has 0 bridgehead atoms. The Morgan fingerprint density at radius 3 is 2.33 bits per heavy atom. The summed E-state index contributed by atoms with van der Waals surface area (Å²) in [6, 6.07) is 10.0. The molecule has 0 fully saturated rings. The molecule has 1 amide bonds. The van der Waals surface area contributed by atoms with Crippen LogP contribution in [0.25, 0.3) is 0 Å². The standard InChI is InChI=1S/C16H16BBrN2O/c1-9-6-10(2)15(11(3)7-9)17-19-14-5-4-12(18)8-13(14)16(21)20-17/h4-8,19H,1-3H3,(H,20,21). The van der Waals surface area contributed by atoms with Gasteiger partial charge in [0.25, 0.3) is 0 Å². The first-order valence-electron chi connectivity index (χ1n) is 6.90. The van der Waals surface area contributed by atoms with E-state index in [1.807, 2.05) is 18.2 Å². The lowest BCUT2D eigenvalue weighted by Gasteiger charge is -2.27. The second-order valence-corrected chi connectivity index (χ2v) is 6.47. The van der Waals surface area contributed by atoms with E-state index in [2.05, 4.69) is 59.3 Å². The van der Waals surface area contributed by atoms with Crippen LogP contribution in [0.3, 0.4) is 0 Å². The highest BCUT2D eigenvalue weighted by Crippen LogP contribution is 2.24. The Morgan fingerprint density at radius 1 is 1.00 bits per heavy atom. The molecule has 3 nitrogen and oxygen atoms in total. The van der Waals surface area contributed by atoms with E-state index >= 15 is 0 Å². The summed E-state index contributed by atoms with van der Waals surface area (Å²) >= 11 is 3.40. The summed E-state index contributed by atoms with van der Waals surface area (Å²) in [4.78, 5) is 12.3. The predicted molar refractivity (Wildman–Crippen MR) is 91.3 cm³/mol. The fraction of sp³-hybridized carbons (Fsp3) is 0.188. The van der Waals surface area contributed by atoms with Crippen molar-refractivity contribution in [2.45, 2.75) is 20.8 Å². The number of hydrogen-bond acceptors (Lipinski definition) is 2. The number of carbonyl (C=O) groups is 1. The van der Waals surface area contributed by atoms with Crippen molar-refractivity contribution in [1.29, 1.82) is 0 Å². The Balaban J connectivity index is 2.04. The molecule has 0 radical (unpaired) electrons. The van der Waals surface area contributed by atoms with Crippen molar-refractivity contribution in [3.05, 3.63) is 57.1 Å². The summed E-state index contributed by atoms with van der Waals surface area (Å²) in [6.45, 7) is 6.07. The molecule has 2 N–H and O–H groups in total. The lowest BCUT2D eigenvalue weighted by Crippen LogP contribution is -2.58. The average Bonchev–Trinajstić information content (AvgIpc) is 2.38. The molecule has 1 aliphatic rings. The number of carbonyl (C=O) groups excluding carboxylic acids is 1. The zero-order valence-corrected chi connectivity index (χ0v) is 13.8. The summed E-state index contributed by atoms with van der Waals surface area (Å²) < 4.78 is 0.902. The van der Waals surface area contributed by atoms with Crippen LogP contribution in [-0.2, 0) is 0 Å². The first kappa shape index (κ1) is 14.2. The molecule has 0 aromatic heterocycles. The molecule has 3 rings (SSSR count). The van der Waals surface area contributed by atoms with E-state index < -0.39 is 0 Å². The summed E-state index contributed by atoms with van der Waals surface area (Å²) in [5.41, 5.74) is 6.29. The van der Waals surface area contributed by atoms with Crippen molar-refractivity contribution >= 4 is 40.0 Å². The molecular weight excluding hydrogens is 327 g/mol. The number of aryl methyl sites for hydroxylation is 3. The normalized spacial score (nSPS) is 13.5. The predicted octanol–water partition coefficient (Wildman–Crippen LogP) is 2.93. The lowest BCUT2D eigenvalue weighted by atomic mass is 9.62. The highest BCUT2D eigenvalue weighted by atomic mass is 79.9. The maximum Gasteiger partial charge on any atom is 0.409 e. The molecule has 2 aromatic rings. The molecular formula is C16H16BBrN2O. The number of halogens is 1. The lowest BCUT2D eigenvalue weighted by molar-refractivity contribution is 0.0979. The fourth-order valence-corrected chi connectivity index (χ4v) is 3.38. The molecule has 5 heteroatoms. The van der Waals surface area contributed by atoms with Crippen molar-refractivity contribution in [2.24, 2.45) is 0 Å². The number of fused-ring (bicyclic) bond motifs is 1. The number of hydrogen-bond donors (Lipinski definition) is 2. The van der Waals surface area contributed by atoms with Gasteiger partial charge >= 0.3 is 6.98 Å². The molecule has 106 valence electrons. The highest BCUT2D eigenvalue weighted by Gasteiger charge is 2.31. The number of benzene rings is 2. The van der Waals surface area contributed by atoms with Gasteiger partial charge in [0.15, 0.2) is 0 Å². The SMILES string of the molecule is Cc1cc(C)c(B2NC(=O)c3cc(Br)ccc3N2)c(C)c1. The first-order valence-corrected chi connectivity index (χ1v) is 7.69. The van der Waals surface area contributed by atoms with E-state index in [-0.39, 0.29) is 12.9 Å². The minimum atomic E-state index is -0.188. The van der Waals surface area contributed by atoms with Gasteiger partial charge in [-0.1, -0.05) is 44.8 Å². The second kappa shape index (κ2) is 5.22.